The molecule has 0 aliphatic heterocycles. The lowest BCUT2D eigenvalue weighted by atomic mass is 10.1. The van der Waals surface area contributed by atoms with Crippen LogP contribution >= 0.6 is 0 Å². The molecule has 0 bridgehead atoms. The van der Waals surface area contributed by atoms with Crippen LogP contribution in [0.4, 0.5) is 0 Å². The average Bonchev–Trinajstić information content (AvgIpc) is 2.51. The predicted molar refractivity (Wildman–Crippen MR) is 77.8 cm³/mol. The quantitative estimate of drug-likeness (QED) is 0.717. The molecule has 3 N–H and O–H groups in total. The largest absolute Gasteiger partial charge is 0.493 e. The smallest absolute Gasteiger partial charge is 0.239 e. The van der Waals surface area contributed by atoms with Crippen LogP contribution in [0.25, 0.3) is 0 Å². The number of nitrogens with one attached hydrogen (secondary N) is 1. The number of nitrogens with two attached hydrogens (primary N) is 1. The van der Waals surface area contributed by atoms with Crippen LogP contribution in [0, 0.1) is 0 Å². The van der Waals surface area contributed by atoms with E-state index >= 15 is 0 Å². The molecule has 0 aromatic heterocycles. The molecule has 7 nitrogen and oxygen atoms in total. The maximum atomic E-state index is 11.7. The molecule has 1 aromatic carbocycles. The number of amides is 1. The molecule has 7 heteroatoms. The second kappa shape index (κ2) is 8.33. The van der Waals surface area contributed by atoms with E-state index in [1.807, 2.05) is 0 Å². The first-order valence-electron chi connectivity index (χ1n) is 6.38. The summed E-state index contributed by atoms with van der Waals surface area (Å²) in [4.78, 5) is 11.7. The van der Waals surface area contributed by atoms with Gasteiger partial charge < -0.3 is 30.0 Å². The van der Waals surface area contributed by atoms with E-state index in [1.165, 1.54) is 28.4 Å². The Labute approximate surface area is 124 Å². The summed E-state index contributed by atoms with van der Waals surface area (Å²) in [6, 6.07) is 2.84. The van der Waals surface area contributed by atoms with E-state index in [9.17, 15) is 4.79 Å². The number of hydrogen-bond acceptors (Lipinski definition) is 6. The summed E-state index contributed by atoms with van der Waals surface area (Å²) in [5.74, 6) is 1.28. The van der Waals surface area contributed by atoms with Crippen LogP contribution in [0.1, 0.15) is 5.56 Å². The molecule has 1 unspecified atom stereocenters. The van der Waals surface area contributed by atoms with Crippen molar-refractivity contribution < 1.29 is 23.7 Å². The monoisotopic (exact) mass is 298 g/mol. The summed E-state index contributed by atoms with van der Waals surface area (Å²) in [6.45, 7) is 0.466. The van der Waals surface area contributed by atoms with E-state index in [2.05, 4.69) is 5.32 Å². The highest BCUT2D eigenvalue weighted by molar-refractivity contribution is 5.81. The molecule has 0 aliphatic carbocycles. The minimum atomic E-state index is -0.697. The molecule has 1 amide bonds. The zero-order valence-electron chi connectivity index (χ0n) is 12.8. The Kier molecular flexibility index (Phi) is 6.77. The van der Waals surface area contributed by atoms with Gasteiger partial charge in [0.05, 0.1) is 27.9 Å². The molecule has 0 spiro atoms. The number of carbonyl (C=O) groups is 1. The van der Waals surface area contributed by atoms with E-state index in [-0.39, 0.29) is 12.5 Å². The number of carbonyl (C=O) groups excluding carboxylic acids is 1. The van der Waals surface area contributed by atoms with Gasteiger partial charge in [0.25, 0.3) is 0 Å². The number of methoxy groups -OCH3 is 4. The first kappa shape index (κ1) is 17.1. The summed E-state index contributed by atoms with van der Waals surface area (Å²) in [6.07, 6.45) is 0. The Bertz CT molecular complexity index is 453. The van der Waals surface area contributed by atoms with Crippen molar-refractivity contribution in [1.82, 2.24) is 5.32 Å². The second-order valence-electron chi connectivity index (χ2n) is 4.31. The lowest BCUT2D eigenvalue weighted by Gasteiger charge is -2.15. The minimum absolute atomic E-state index is 0.168. The van der Waals surface area contributed by atoms with Crippen molar-refractivity contribution in [3.8, 4) is 17.2 Å². The molecule has 0 saturated carbocycles. The van der Waals surface area contributed by atoms with Crippen molar-refractivity contribution in [2.24, 2.45) is 5.73 Å². The van der Waals surface area contributed by atoms with E-state index < -0.39 is 6.04 Å². The molecular formula is C14H22N2O5. The molecular weight excluding hydrogens is 276 g/mol. The van der Waals surface area contributed by atoms with Crippen molar-refractivity contribution in [3.63, 3.8) is 0 Å². The molecule has 0 heterocycles. The Hall–Kier alpha value is -1.99. The summed E-state index contributed by atoms with van der Waals surface area (Å²) >= 11 is 0. The molecule has 1 rings (SSSR count). The topological polar surface area (TPSA) is 92.0 Å². The van der Waals surface area contributed by atoms with Crippen LogP contribution in [0.3, 0.4) is 0 Å². The van der Waals surface area contributed by atoms with E-state index in [0.29, 0.717) is 23.8 Å². The van der Waals surface area contributed by atoms with Crippen molar-refractivity contribution in [2.45, 2.75) is 12.6 Å². The third-order valence-electron chi connectivity index (χ3n) is 2.87. The molecule has 0 aliphatic rings. The Balaban J connectivity index is 2.82. The number of hydrogen-bond donors (Lipinski definition) is 2. The van der Waals surface area contributed by atoms with Crippen LogP contribution < -0.4 is 25.3 Å². The summed E-state index contributed by atoms with van der Waals surface area (Å²) < 4.78 is 20.6. The summed E-state index contributed by atoms with van der Waals surface area (Å²) in [5, 5.41) is 2.73. The molecule has 0 fully saturated rings. The Morgan fingerprint density at radius 2 is 1.71 bits per heavy atom. The van der Waals surface area contributed by atoms with Gasteiger partial charge in [0, 0.05) is 13.7 Å². The van der Waals surface area contributed by atoms with Crippen LogP contribution in [0.15, 0.2) is 12.1 Å². The molecule has 0 radical (unpaired) electrons. The van der Waals surface area contributed by atoms with Gasteiger partial charge in [-0.25, -0.2) is 0 Å². The lowest BCUT2D eigenvalue weighted by molar-refractivity contribution is -0.123. The van der Waals surface area contributed by atoms with Gasteiger partial charge in [-0.2, -0.15) is 0 Å². The molecule has 1 atom stereocenters. The average molecular weight is 298 g/mol. The van der Waals surface area contributed by atoms with Crippen LogP contribution in [0.2, 0.25) is 0 Å². The minimum Gasteiger partial charge on any atom is -0.493 e. The van der Waals surface area contributed by atoms with Gasteiger partial charge in [-0.3, -0.25) is 4.79 Å². The zero-order chi connectivity index (χ0) is 15.8. The van der Waals surface area contributed by atoms with E-state index in [4.69, 9.17) is 24.7 Å². The fraction of sp³-hybridized carbons (Fsp3) is 0.500. The maximum absolute atomic E-state index is 11.7. The number of ether oxygens (including phenoxy) is 4. The fourth-order valence-electron chi connectivity index (χ4n) is 1.81. The van der Waals surface area contributed by atoms with Gasteiger partial charge in [0.15, 0.2) is 11.5 Å². The highest BCUT2D eigenvalue weighted by atomic mass is 16.5. The van der Waals surface area contributed by atoms with Crippen molar-refractivity contribution in [2.75, 3.05) is 35.0 Å². The van der Waals surface area contributed by atoms with Crippen LogP contribution in [-0.4, -0.2) is 47.0 Å². The third kappa shape index (κ3) is 4.51. The van der Waals surface area contributed by atoms with Gasteiger partial charge in [0.2, 0.25) is 11.7 Å². The predicted octanol–water partition coefficient (Wildman–Crippen LogP) is 0.302. The van der Waals surface area contributed by atoms with Crippen LogP contribution in [-0.2, 0) is 16.1 Å². The molecule has 118 valence electrons. The number of rotatable bonds is 8. The lowest BCUT2D eigenvalue weighted by Crippen LogP contribution is -2.43. The Morgan fingerprint density at radius 1 is 1.14 bits per heavy atom. The third-order valence-corrected chi connectivity index (χ3v) is 2.87. The normalized spacial score (nSPS) is 11.7. The summed E-state index contributed by atoms with van der Waals surface area (Å²) in [5.41, 5.74) is 6.45. The molecule has 21 heavy (non-hydrogen) atoms. The summed E-state index contributed by atoms with van der Waals surface area (Å²) in [7, 11) is 6.10. The molecule has 0 saturated heterocycles. The van der Waals surface area contributed by atoms with E-state index in [0.717, 1.165) is 5.56 Å². The van der Waals surface area contributed by atoms with Crippen LogP contribution in [0.5, 0.6) is 17.2 Å². The van der Waals surface area contributed by atoms with Gasteiger partial charge in [-0.1, -0.05) is 0 Å². The van der Waals surface area contributed by atoms with E-state index in [1.54, 1.807) is 12.1 Å². The second-order valence-corrected chi connectivity index (χ2v) is 4.31. The number of benzene rings is 1. The highest BCUT2D eigenvalue weighted by Crippen LogP contribution is 2.38. The van der Waals surface area contributed by atoms with Gasteiger partial charge in [-0.15, -0.1) is 0 Å². The van der Waals surface area contributed by atoms with Crippen molar-refractivity contribution in [3.05, 3.63) is 17.7 Å². The van der Waals surface area contributed by atoms with Crippen molar-refractivity contribution >= 4 is 5.91 Å². The SMILES string of the molecule is COCC(N)C(=O)NCc1cc(OC)c(OC)c(OC)c1. The van der Waals surface area contributed by atoms with Gasteiger partial charge in [-0.05, 0) is 17.7 Å². The first-order chi connectivity index (χ1) is 10.1. The highest BCUT2D eigenvalue weighted by Gasteiger charge is 2.15. The van der Waals surface area contributed by atoms with Gasteiger partial charge >= 0.3 is 0 Å². The fourth-order valence-corrected chi connectivity index (χ4v) is 1.81. The standard InChI is InChI=1S/C14H22N2O5/c1-18-8-10(15)14(17)16-7-9-5-11(19-2)13(21-4)12(6-9)20-3/h5-6,10H,7-8,15H2,1-4H3,(H,16,17). The van der Waals surface area contributed by atoms with Gasteiger partial charge in [0.1, 0.15) is 6.04 Å². The maximum Gasteiger partial charge on any atom is 0.239 e. The molecule has 1 aromatic rings. The zero-order valence-corrected chi connectivity index (χ0v) is 12.8. The Morgan fingerprint density at radius 3 is 2.14 bits per heavy atom. The van der Waals surface area contributed by atoms with Crippen molar-refractivity contribution in [1.29, 1.82) is 0 Å². The first-order valence-corrected chi connectivity index (χ1v) is 6.38.